The zero-order valence-electron chi connectivity index (χ0n) is 8.48. The van der Waals surface area contributed by atoms with Gasteiger partial charge in [-0.2, -0.15) is 0 Å². The number of carbonyl (C=O) groups is 3. The molecule has 15 heavy (non-hydrogen) atoms. The third kappa shape index (κ3) is 8.54. The van der Waals surface area contributed by atoms with E-state index in [2.05, 4.69) is 18.9 Å². The normalized spacial score (nSPS) is 8.93. The molecule has 0 saturated heterocycles. The highest BCUT2D eigenvalue weighted by Gasteiger charge is 2.11. The molecule has 0 fully saturated rings. The van der Waals surface area contributed by atoms with E-state index in [0.29, 0.717) is 0 Å². The SMILES string of the molecule is CCOC(=O)OC(=O)OCCOC(C)=O. The Bertz CT molecular complexity index is 235. The van der Waals surface area contributed by atoms with E-state index in [1.165, 1.54) is 6.92 Å². The molecule has 0 N–H and O–H groups in total. The van der Waals surface area contributed by atoms with Gasteiger partial charge in [0.25, 0.3) is 0 Å². The zero-order valence-corrected chi connectivity index (χ0v) is 8.48. The Morgan fingerprint density at radius 2 is 1.47 bits per heavy atom. The van der Waals surface area contributed by atoms with E-state index in [1.807, 2.05) is 0 Å². The Labute approximate surface area is 86.2 Å². The maximum Gasteiger partial charge on any atom is 0.518 e. The molecule has 0 aromatic heterocycles. The van der Waals surface area contributed by atoms with Gasteiger partial charge in [0.2, 0.25) is 0 Å². The first kappa shape index (κ1) is 13.2. The molecule has 0 aliphatic rings. The Hall–Kier alpha value is -1.79. The van der Waals surface area contributed by atoms with Crippen LogP contribution in [0.4, 0.5) is 9.59 Å². The number of carbonyl (C=O) groups excluding carboxylic acids is 3. The molecular weight excluding hydrogens is 208 g/mol. The van der Waals surface area contributed by atoms with E-state index in [9.17, 15) is 14.4 Å². The topological polar surface area (TPSA) is 88.1 Å². The first-order valence-electron chi connectivity index (χ1n) is 4.21. The van der Waals surface area contributed by atoms with Crippen molar-refractivity contribution in [1.29, 1.82) is 0 Å². The van der Waals surface area contributed by atoms with Crippen molar-refractivity contribution in [2.75, 3.05) is 19.8 Å². The van der Waals surface area contributed by atoms with Crippen LogP contribution in [-0.4, -0.2) is 38.1 Å². The van der Waals surface area contributed by atoms with Crippen LogP contribution < -0.4 is 0 Å². The molecule has 0 amide bonds. The number of esters is 1. The van der Waals surface area contributed by atoms with Gasteiger partial charge in [0.15, 0.2) is 0 Å². The van der Waals surface area contributed by atoms with Crippen molar-refractivity contribution in [3.63, 3.8) is 0 Å². The van der Waals surface area contributed by atoms with Gasteiger partial charge in [0.1, 0.15) is 13.2 Å². The fourth-order valence-corrected chi connectivity index (χ4v) is 0.555. The van der Waals surface area contributed by atoms with Crippen LogP contribution in [0.2, 0.25) is 0 Å². The van der Waals surface area contributed by atoms with Gasteiger partial charge >= 0.3 is 18.3 Å². The standard InChI is InChI=1S/C8H12O7/c1-3-12-7(10)15-8(11)14-5-4-13-6(2)9/h3-5H2,1-2H3. The lowest BCUT2D eigenvalue weighted by Crippen LogP contribution is -2.17. The fourth-order valence-electron chi connectivity index (χ4n) is 0.555. The Kier molecular flexibility index (Phi) is 6.69. The third-order valence-corrected chi connectivity index (χ3v) is 1.04. The monoisotopic (exact) mass is 220 g/mol. The van der Waals surface area contributed by atoms with Crippen molar-refractivity contribution in [1.82, 2.24) is 0 Å². The number of rotatable bonds is 4. The summed E-state index contributed by atoms with van der Waals surface area (Å²) in [5, 5.41) is 0. The minimum Gasteiger partial charge on any atom is -0.462 e. The largest absolute Gasteiger partial charge is 0.518 e. The predicted molar refractivity (Wildman–Crippen MR) is 46.1 cm³/mol. The van der Waals surface area contributed by atoms with Crippen molar-refractivity contribution < 1.29 is 33.3 Å². The summed E-state index contributed by atoms with van der Waals surface area (Å²) in [6, 6.07) is 0. The van der Waals surface area contributed by atoms with Crippen molar-refractivity contribution in [2.24, 2.45) is 0 Å². The molecule has 7 heteroatoms. The highest BCUT2D eigenvalue weighted by Crippen LogP contribution is 1.90. The van der Waals surface area contributed by atoms with Gasteiger partial charge in [-0.05, 0) is 6.92 Å². The highest BCUT2D eigenvalue weighted by molar-refractivity contribution is 5.76. The number of hydrogen-bond acceptors (Lipinski definition) is 7. The van der Waals surface area contributed by atoms with Crippen molar-refractivity contribution in [3.8, 4) is 0 Å². The second-order valence-corrected chi connectivity index (χ2v) is 2.22. The highest BCUT2D eigenvalue weighted by atomic mass is 16.8. The zero-order chi connectivity index (χ0) is 11.7. The molecule has 86 valence electrons. The summed E-state index contributed by atoms with van der Waals surface area (Å²) in [5.41, 5.74) is 0. The van der Waals surface area contributed by atoms with E-state index in [0.717, 1.165) is 0 Å². The van der Waals surface area contributed by atoms with Gasteiger partial charge in [-0.25, -0.2) is 9.59 Å². The van der Waals surface area contributed by atoms with E-state index in [1.54, 1.807) is 6.92 Å². The maximum absolute atomic E-state index is 10.7. The number of hydrogen-bond donors (Lipinski definition) is 0. The Balaban J connectivity index is 3.49. The average molecular weight is 220 g/mol. The van der Waals surface area contributed by atoms with Gasteiger partial charge in [-0.1, -0.05) is 0 Å². The van der Waals surface area contributed by atoms with Crippen molar-refractivity contribution in [3.05, 3.63) is 0 Å². The van der Waals surface area contributed by atoms with Crippen LogP contribution in [0.5, 0.6) is 0 Å². The van der Waals surface area contributed by atoms with Crippen LogP contribution in [0.25, 0.3) is 0 Å². The molecule has 0 aliphatic carbocycles. The summed E-state index contributed by atoms with van der Waals surface area (Å²) in [5.74, 6) is -0.489. The average Bonchev–Trinajstić information content (AvgIpc) is 2.12. The summed E-state index contributed by atoms with van der Waals surface area (Å²) >= 11 is 0. The molecule has 0 unspecified atom stereocenters. The van der Waals surface area contributed by atoms with Crippen LogP contribution in [0.3, 0.4) is 0 Å². The first-order valence-corrected chi connectivity index (χ1v) is 4.21. The van der Waals surface area contributed by atoms with Gasteiger partial charge < -0.3 is 18.9 Å². The molecule has 0 heterocycles. The molecule has 0 rings (SSSR count). The summed E-state index contributed by atoms with van der Waals surface area (Å²) in [6.07, 6.45) is -2.32. The summed E-state index contributed by atoms with van der Waals surface area (Å²) < 4.78 is 17.2. The maximum atomic E-state index is 10.7. The molecule has 7 nitrogen and oxygen atoms in total. The van der Waals surface area contributed by atoms with E-state index in [4.69, 9.17) is 0 Å². The minimum absolute atomic E-state index is 0.0900. The lowest BCUT2D eigenvalue weighted by molar-refractivity contribution is -0.142. The van der Waals surface area contributed by atoms with Gasteiger partial charge in [-0.15, -0.1) is 0 Å². The fraction of sp³-hybridized carbons (Fsp3) is 0.625. The molecule has 0 aromatic rings. The van der Waals surface area contributed by atoms with E-state index < -0.39 is 18.3 Å². The summed E-state index contributed by atoms with van der Waals surface area (Å²) in [7, 11) is 0. The first-order chi connectivity index (χ1) is 7.06. The van der Waals surface area contributed by atoms with Gasteiger partial charge in [0.05, 0.1) is 6.61 Å². The summed E-state index contributed by atoms with van der Waals surface area (Å²) in [4.78, 5) is 31.5. The Morgan fingerprint density at radius 3 is 2.00 bits per heavy atom. The van der Waals surface area contributed by atoms with Crippen LogP contribution in [0.1, 0.15) is 13.8 Å². The number of ether oxygens (including phenoxy) is 4. The smallest absolute Gasteiger partial charge is 0.462 e. The second kappa shape index (κ2) is 7.60. The quantitative estimate of drug-likeness (QED) is 0.300. The predicted octanol–water partition coefficient (Wildman–Crippen LogP) is 0.859. The molecular formula is C8H12O7. The van der Waals surface area contributed by atoms with Crippen LogP contribution in [0.15, 0.2) is 0 Å². The van der Waals surface area contributed by atoms with Gasteiger partial charge in [-0.3, -0.25) is 4.79 Å². The lowest BCUT2D eigenvalue weighted by atomic mass is 10.7. The summed E-state index contributed by atoms with van der Waals surface area (Å²) in [6.45, 7) is 2.61. The van der Waals surface area contributed by atoms with Crippen LogP contribution >= 0.6 is 0 Å². The van der Waals surface area contributed by atoms with Crippen LogP contribution in [0, 0.1) is 0 Å². The molecule has 0 atom stereocenters. The molecule has 0 aromatic carbocycles. The molecule has 0 saturated carbocycles. The van der Waals surface area contributed by atoms with Crippen LogP contribution in [-0.2, 0) is 23.7 Å². The lowest BCUT2D eigenvalue weighted by Gasteiger charge is -2.04. The minimum atomic E-state index is -1.19. The van der Waals surface area contributed by atoms with Crippen molar-refractivity contribution >= 4 is 18.3 Å². The molecule has 0 spiro atoms. The molecule has 0 radical (unpaired) electrons. The third-order valence-electron chi connectivity index (χ3n) is 1.04. The Morgan fingerprint density at radius 1 is 0.933 bits per heavy atom. The second-order valence-electron chi connectivity index (χ2n) is 2.22. The molecule has 0 aliphatic heterocycles. The van der Waals surface area contributed by atoms with E-state index >= 15 is 0 Å². The van der Waals surface area contributed by atoms with E-state index in [-0.39, 0.29) is 19.8 Å². The van der Waals surface area contributed by atoms with Gasteiger partial charge in [0, 0.05) is 6.92 Å². The van der Waals surface area contributed by atoms with Crippen molar-refractivity contribution in [2.45, 2.75) is 13.8 Å². The molecule has 0 bridgehead atoms.